The number of benzene rings is 2. The van der Waals surface area contributed by atoms with E-state index in [1.807, 2.05) is 31.2 Å². The van der Waals surface area contributed by atoms with E-state index in [1.54, 1.807) is 16.8 Å². The van der Waals surface area contributed by atoms with E-state index in [0.29, 0.717) is 29.6 Å². The van der Waals surface area contributed by atoms with E-state index >= 15 is 0 Å². The first-order chi connectivity index (χ1) is 15.6. The maximum atomic E-state index is 13.7. The van der Waals surface area contributed by atoms with Crippen LogP contribution in [0.4, 0.5) is 10.3 Å². The molecule has 0 radical (unpaired) electrons. The Balaban J connectivity index is 1.45. The number of hydrogen-bond acceptors (Lipinski definition) is 5. The summed E-state index contributed by atoms with van der Waals surface area (Å²) in [6.07, 6.45) is 2.77. The van der Waals surface area contributed by atoms with Crippen LogP contribution in [0.3, 0.4) is 0 Å². The molecule has 0 aliphatic carbocycles. The van der Waals surface area contributed by atoms with Gasteiger partial charge in [0, 0.05) is 6.54 Å². The highest BCUT2D eigenvalue weighted by atomic mass is 19.1. The van der Waals surface area contributed by atoms with Crippen molar-refractivity contribution in [3.8, 4) is 11.1 Å². The van der Waals surface area contributed by atoms with E-state index < -0.39 is 0 Å². The van der Waals surface area contributed by atoms with Crippen LogP contribution in [0, 0.1) is 18.7 Å². The van der Waals surface area contributed by atoms with Crippen LogP contribution in [0.15, 0.2) is 53.5 Å². The van der Waals surface area contributed by atoms with Gasteiger partial charge in [-0.2, -0.15) is 4.98 Å². The highest BCUT2D eigenvalue weighted by molar-refractivity contribution is 5.71. The van der Waals surface area contributed by atoms with Crippen molar-refractivity contribution in [1.29, 1.82) is 0 Å². The molecular formula is C24H25FN6O. The Morgan fingerprint density at radius 2 is 2.09 bits per heavy atom. The molecule has 1 aliphatic rings. The highest BCUT2D eigenvalue weighted by Gasteiger charge is 2.16. The summed E-state index contributed by atoms with van der Waals surface area (Å²) in [5.41, 5.74) is 4.65. The number of aryl methyl sites for hydroxylation is 1. The molecule has 1 atom stereocenters. The molecule has 7 nitrogen and oxygen atoms in total. The molecule has 32 heavy (non-hydrogen) atoms. The first-order valence-electron chi connectivity index (χ1n) is 10.8. The molecule has 1 aliphatic heterocycles. The van der Waals surface area contributed by atoms with Crippen molar-refractivity contribution in [2.45, 2.75) is 19.9 Å². The summed E-state index contributed by atoms with van der Waals surface area (Å²) in [6.45, 7) is 5.18. The SMILES string of the molecule is Cc1ccc(-c2cccc(F)c2)cc1Cn1c(=O)[nH]c2cnc(NC[C@@H]3CCNC3)nc21. The minimum atomic E-state index is -0.275. The second kappa shape index (κ2) is 8.55. The number of anilines is 1. The largest absolute Gasteiger partial charge is 0.354 e. The first kappa shape index (κ1) is 20.4. The number of imidazole rings is 1. The summed E-state index contributed by atoms with van der Waals surface area (Å²) in [6, 6.07) is 12.5. The summed E-state index contributed by atoms with van der Waals surface area (Å²) in [4.78, 5) is 24.5. The van der Waals surface area contributed by atoms with Gasteiger partial charge in [0.2, 0.25) is 5.95 Å². The predicted octanol–water partition coefficient (Wildman–Crippen LogP) is 3.30. The van der Waals surface area contributed by atoms with Gasteiger partial charge in [-0.3, -0.25) is 4.57 Å². The van der Waals surface area contributed by atoms with Crippen LogP contribution >= 0.6 is 0 Å². The average Bonchev–Trinajstić information content (AvgIpc) is 3.41. The summed E-state index contributed by atoms with van der Waals surface area (Å²) in [5, 5.41) is 6.65. The highest BCUT2D eigenvalue weighted by Crippen LogP contribution is 2.24. The van der Waals surface area contributed by atoms with E-state index in [4.69, 9.17) is 0 Å². The lowest BCUT2D eigenvalue weighted by atomic mass is 9.99. The zero-order valence-corrected chi connectivity index (χ0v) is 17.9. The van der Waals surface area contributed by atoms with Gasteiger partial charge < -0.3 is 15.6 Å². The second-order valence-corrected chi connectivity index (χ2v) is 8.34. The Hall–Kier alpha value is -3.52. The van der Waals surface area contributed by atoms with E-state index in [-0.39, 0.29) is 11.5 Å². The van der Waals surface area contributed by atoms with Crippen molar-refractivity contribution >= 4 is 17.1 Å². The molecule has 5 rings (SSSR count). The zero-order valence-electron chi connectivity index (χ0n) is 17.9. The first-order valence-corrected chi connectivity index (χ1v) is 10.8. The number of aromatic nitrogens is 4. The summed E-state index contributed by atoms with van der Waals surface area (Å²) >= 11 is 0. The molecule has 0 amide bonds. The fourth-order valence-electron chi connectivity index (χ4n) is 4.16. The molecule has 3 N–H and O–H groups in total. The Bertz CT molecular complexity index is 1320. The number of aromatic amines is 1. The Morgan fingerprint density at radius 3 is 2.91 bits per heavy atom. The van der Waals surface area contributed by atoms with Crippen molar-refractivity contribution in [2.75, 3.05) is 25.0 Å². The normalized spacial score (nSPS) is 16.0. The molecule has 0 bridgehead atoms. The number of halogens is 1. The van der Waals surface area contributed by atoms with Gasteiger partial charge in [-0.05, 0) is 72.8 Å². The fourth-order valence-corrected chi connectivity index (χ4v) is 4.16. The third-order valence-corrected chi connectivity index (χ3v) is 6.06. The third kappa shape index (κ3) is 4.13. The fraction of sp³-hybridized carbons (Fsp3) is 0.292. The lowest BCUT2D eigenvalue weighted by Gasteiger charge is -2.11. The standard InChI is InChI=1S/C24H25FN6O/c1-15-5-6-18(17-3-2-4-20(25)10-17)9-19(15)14-31-22-21(29-24(31)32)13-28-23(30-22)27-12-16-7-8-26-11-16/h2-6,9-10,13,16,26H,7-8,11-12,14H2,1H3,(H,29,32)(H,27,28,30)/t16-/m1/s1. The molecule has 4 aromatic rings. The molecule has 8 heteroatoms. The van der Waals surface area contributed by atoms with Gasteiger partial charge in [-0.15, -0.1) is 0 Å². The smallest absolute Gasteiger partial charge is 0.328 e. The monoisotopic (exact) mass is 432 g/mol. The van der Waals surface area contributed by atoms with E-state index in [0.717, 1.165) is 48.3 Å². The predicted molar refractivity (Wildman–Crippen MR) is 123 cm³/mol. The van der Waals surface area contributed by atoms with Gasteiger partial charge in [-0.1, -0.05) is 24.3 Å². The van der Waals surface area contributed by atoms with Crippen LogP contribution in [0.25, 0.3) is 22.3 Å². The Labute approximate surface area is 184 Å². The van der Waals surface area contributed by atoms with Gasteiger partial charge in [0.25, 0.3) is 0 Å². The minimum absolute atomic E-state index is 0.234. The van der Waals surface area contributed by atoms with Crippen molar-refractivity contribution in [3.05, 3.63) is 76.1 Å². The average molecular weight is 433 g/mol. The Morgan fingerprint density at radius 1 is 1.22 bits per heavy atom. The molecule has 164 valence electrons. The van der Waals surface area contributed by atoms with Gasteiger partial charge in [0.05, 0.1) is 12.7 Å². The lowest BCUT2D eigenvalue weighted by Crippen LogP contribution is -2.19. The molecule has 2 aromatic carbocycles. The number of hydrogen-bond donors (Lipinski definition) is 3. The van der Waals surface area contributed by atoms with E-state index in [9.17, 15) is 9.18 Å². The molecule has 3 heterocycles. The quantitative estimate of drug-likeness (QED) is 0.435. The van der Waals surface area contributed by atoms with Crippen molar-refractivity contribution < 1.29 is 4.39 Å². The summed E-state index contributed by atoms with van der Waals surface area (Å²) in [5.74, 6) is 0.792. The maximum Gasteiger partial charge on any atom is 0.328 e. The molecule has 1 saturated heterocycles. The third-order valence-electron chi connectivity index (χ3n) is 6.06. The molecule has 1 fully saturated rings. The van der Waals surface area contributed by atoms with Crippen molar-refractivity contribution in [2.24, 2.45) is 5.92 Å². The van der Waals surface area contributed by atoms with Crippen LogP contribution in [-0.2, 0) is 6.54 Å². The molecule has 2 aromatic heterocycles. The molecule has 0 saturated carbocycles. The summed E-state index contributed by atoms with van der Waals surface area (Å²) < 4.78 is 15.3. The topological polar surface area (TPSA) is 87.6 Å². The zero-order chi connectivity index (χ0) is 22.1. The van der Waals surface area contributed by atoms with Gasteiger partial charge in [0.1, 0.15) is 11.3 Å². The molecule has 0 unspecified atom stereocenters. The Kier molecular flexibility index (Phi) is 5.45. The van der Waals surface area contributed by atoms with Crippen molar-refractivity contribution in [1.82, 2.24) is 24.8 Å². The van der Waals surface area contributed by atoms with Gasteiger partial charge >= 0.3 is 5.69 Å². The van der Waals surface area contributed by atoms with Crippen molar-refractivity contribution in [3.63, 3.8) is 0 Å². The summed E-state index contributed by atoms with van der Waals surface area (Å²) in [7, 11) is 0. The van der Waals surface area contributed by atoms with Crippen LogP contribution in [-0.4, -0.2) is 39.2 Å². The van der Waals surface area contributed by atoms with E-state index in [2.05, 4.69) is 25.6 Å². The van der Waals surface area contributed by atoms with Gasteiger partial charge in [-0.25, -0.2) is 14.2 Å². The van der Waals surface area contributed by atoms with Gasteiger partial charge in [0.15, 0.2) is 5.65 Å². The van der Waals surface area contributed by atoms with Crippen LogP contribution < -0.4 is 16.3 Å². The van der Waals surface area contributed by atoms with Crippen LogP contribution in [0.1, 0.15) is 17.5 Å². The number of nitrogens with zero attached hydrogens (tertiary/aromatic N) is 3. The number of rotatable bonds is 6. The number of nitrogens with one attached hydrogen (secondary N) is 3. The van der Waals surface area contributed by atoms with Crippen LogP contribution in [0.5, 0.6) is 0 Å². The molecular weight excluding hydrogens is 407 g/mol. The lowest BCUT2D eigenvalue weighted by molar-refractivity contribution is 0.613. The maximum absolute atomic E-state index is 13.7. The minimum Gasteiger partial charge on any atom is -0.354 e. The van der Waals surface area contributed by atoms with Crippen LogP contribution in [0.2, 0.25) is 0 Å². The van der Waals surface area contributed by atoms with E-state index in [1.165, 1.54) is 12.1 Å². The number of fused-ring (bicyclic) bond motifs is 1. The number of H-pyrrole nitrogens is 1. The molecule has 0 spiro atoms. The second-order valence-electron chi connectivity index (χ2n) is 8.34.